The molecule has 0 spiro atoms. The van der Waals surface area contributed by atoms with Crippen LogP contribution >= 0.6 is 12.4 Å². The Bertz CT molecular complexity index is 715. The first-order chi connectivity index (χ1) is 11.1. The number of carbonyl (C=O) groups excluding carboxylic acids is 1. The highest BCUT2D eigenvalue weighted by molar-refractivity contribution is 5.95. The lowest BCUT2D eigenvalue weighted by Crippen LogP contribution is -2.38. The molecule has 6 heteroatoms. The summed E-state index contributed by atoms with van der Waals surface area (Å²) in [4.78, 5) is 14.0. The van der Waals surface area contributed by atoms with Crippen LogP contribution in [0.3, 0.4) is 0 Å². The fourth-order valence-corrected chi connectivity index (χ4v) is 2.84. The van der Waals surface area contributed by atoms with Crippen molar-refractivity contribution in [3.05, 3.63) is 59.7 Å². The first kappa shape index (κ1) is 18.4. The van der Waals surface area contributed by atoms with Crippen LogP contribution in [-0.2, 0) is 0 Å². The monoisotopic (exact) mass is 352 g/mol. The third-order valence-corrected chi connectivity index (χ3v) is 4.28. The van der Waals surface area contributed by atoms with E-state index in [4.69, 9.17) is 0 Å². The maximum atomic E-state index is 14.4. The van der Waals surface area contributed by atoms with Gasteiger partial charge in [0, 0.05) is 19.6 Å². The van der Waals surface area contributed by atoms with Gasteiger partial charge in [-0.2, -0.15) is 0 Å². The molecule has 0 radical (unpaired) electrons. The molecule has 24 heavy (non-hydrogen) atoms. The summed E-state index contributed by atoms with van der Waals surface area (Å²) in [5.41, 5.74) is 1.38. The Morgan fingerprint density at radius 1 is 1.12 bits per heavy atom. The van der Waals surface area contributed by atoms with Crippen molar-refractivity contribution in [2.45, 2.75) is 12.5 Å². The van der Waals surface area contributed by atoms with E-state index in [9.17, 15) is 13.6 Å². The zero-order valence-corrected chi connectivity index (χ0v) is 14.1. The maximum Gasteiger partial charge on any atom is 0.256 e. The number of hydrogen-bond donors (Lipinski definition) is 1. The topological polar surface area (TPSA) is 32.3 Å². The van der Waals surface area contributed by atoms with Crippen molar-refractivity contribution in [1.82, 2.24) is 10.2 Å². The molecule has 2 aromatic rings. The van der Waals surface area contributed by atoms with E-state index in [1.165, 1.54) is 24.3 Å². The highest BCUT2D eigenvalue weighted by atomic mass is 35.5. The minimum atomic E-state index is -0.561. The predicted molar refractivity (Wildman–Crippen MR) is 92.4 cm³/mol. The quantitative estimate of drug-likeness (QED) is 0.917. The van der Waals surface area contributed by atoms with Gasteiger partial charge in [0.05, 0.1) is 5.56 Å². The molecule has 1 atom stereocenters. The van der Waals surface area contributed by atoms with Gasteiger partial charge in [0.1, 0.15) is 11.6 Å². The Morgan fingerprint density at radius 2 is 1.79 bits per heavy atom. The van der Waals surface area contributed by atoms with Crippen molar-refractivity contribution < 1.29 is 13.6 Å². The number of amides is 1. The van der Waals surface area contributed by atoms with Crippen molar-refractivity contribution in [1.29, 1.82) is 0 Å². The van der Waals surface area contributed by atoms with Crippen molar-refractivity contribution in [2.75, 3.05) is 20.1 Å². The van der Waals surface area contributed by atoms with E-state index < -0.39 is 5.82 Å². The summed E-state index contributed by atoms with van der Waals surface area (Å²) in [7, 11) is 1.70. The van der Waals surface area contributed by atoms with Gasteiger partial charge in [-0.1, -0.05) is 18.2 Å². The van der Waals surface area contributed by atoms with Gasteiger partial charge in [0.15, 0.2) is 0 Å². The van der Waals surface area contributed by atoms with Gasteiger partial charge >= 0.3 is 0 Å². The molecule has 1 fully saturated rings. The van der Waals surface area contributed by atoms with Crippen LogP contribution in [-0.4, -0.2) is 37.0 Å². The van der Waals surface area contributed by atoms with E-state index in [-0.39, 0.29) is 35.7 Å². The molecule has 2 aromatic carbocycles. The van der Waals surface area contributed by atoms with Crippen molar-refractivity contribution >= 4 is 18.3 Å². The molecule has 1 unspecified atom stereocenters. The van der Waals surface area contributed by atoms with Crippen LogP contribution in [0.2, 0.25) is 0 Å². The van der Waals surface area contributed by atoms with Crippen LogP contribution in [0.15, 0.2) is 42.5 Å². The second-order valence-electron chi connectivity index (χ2n) is 5.76. The third kappa shape index (κ3) is 3.74. The van der Waals surface area contributed by atoms with Gasteiger partial charge in [-0.3, -0.25) is 4.79 Å². The molecule has 0 aromatic heterocycles. The molecule has 0 bridgehead atoms. The lowest BCUT2D eigenvalue weighted by atomic mass is 10.0. The number of rotatable bonds is 3. The average molecular weight is 353 g/mol. The summed E-state index contributed by atoms with van der Waals surface area (Å²) in [5.74, 6) is -1.22. The smallest absolute Gasteiger partial charge is 0.256 e. The molecule has 1 aliphatic rings. The van der Waals surface area contributed by atoms with Crippen LogP contribution in [0.25, 0.3) is 11.1 Å². The molecular weight excluding hydrogens is 334 g/mol. The standard InChI is InChI=1S/C18H18F2N2O.ClH/c1-22(15-8-9-21-11-15)18(23)16-7-4-13(10-17(16)20)12-2-5-14(19)6-3-12;/h2-7,10,15,21H,8-9,11H2,1H3;1H. The summed E-state index contributed by atoms with van der Waals surface area (Å²) < 4.78 is 27.3. The number of nitrogens with zero attached hydrogens (tertiary/aromatic N) is 1. The minimum absolute atomic E-state index is 0. The second kappa shape index (κ2) is 7.73. The molecule has 1 aliphatic heterocycles. The summed E-state index contributed by atoms with van der Waals surface area (Å²) in [6.07, 6.45) is 0.873. The Morgan fingerprint density at radius 3 is 2.38 bits per heavy atom. The molecule has 1 saturated heterocycles. The van der Waals surface area contributed by atoms with Crippen LogP contribution in [0.4, 0.5) is 8.78 Å². The third-order valence-electron chi connectivity index (χ3n) is 4.28. The van der Waals surface area contributed by atoms with Gasteiger partial charge in [-0.15, -0.1) is 12.4 Å². The number of nitrogens with one attached hydrogen (secondary N) is 1. The number of hydrogen-bond acceptors (Lipinski definition) is 2. The number of benzene rings is 2. The summed E-state index contributed by atoms with van der Waals surface area (Å²) in [5, 5.41) is 3.19. The van der Waals surface area contributed by atoms with Gasteiger partial charge in [0.25, 0.3) is 5.91 Å². The number of likely N-dealkylation sites (N-methyl/N-ethyl adjacent to an activating group) is 1. The Hall–Kier alpha value is -1.98. The Balaban J connectivity index is 0.00000208. The molecule has 3 nitrogen and oxygen atoms in total. The zero-order valence-electron chi connectivity index (χ0n) is 13.3. The fraction of sp³-hybridized carbons (Fsp3) is 0.278. The van der Waals surface area contributed by atoms with Gasteiger partial charge < -0.3 is 10.2 Å². The number of carbonyl (C=O) groups is 1. The summed E-state index contributed by atoms with van der Waals surface area (Å²) >= 11 is 0. The van der Waals surface area contributed by atoms with Crippen molar-refractivity contribution in [2.24, 2.45) is 0 Å². The van der Waals surface area contributed by atoms with Crippen molar-refractivity contribution in [3.63, 3.8) is 0 Å². The fourth-order valence-electron chi connectivity index (χ4n) is 2.84. The van der Waals surface area contributed by atoms with Crippen LogP contribution in [0, 0.1) is 11.6 Å². The van der Waals surface area contributed by atoms with Gasteiger partial charge in [-0.05, 0) is 48.4 Å². The normalized spacial score (nSPS) is 16.5. The highest BCUT2D eigenvalue weighted by Crippen LogP contribution is 2.23. The molecule has 0 aliphatic carbocycles. The minimum Gasteiger partial charge on any atom is -0.337 e. The first-order valence-corrected chi connectivity index (χ1v) is 7.59. The molecule has 0 saturated carbocycles. The molecule has 1 N–H and O–H groups in total. The van der Waals surface area contributed by atoms with E-state index >= 15 is 0 Å². The SMILES string of the molecule is CN(C(=O)c1ccc(-c2ccc(F)cc2)cc1F)C1CCNC1.Cl. The lowest BCUT2D eigenvalue weighted by molar-refractivity contribution is 0.0739. The lowest BCUT2D eigenvalue weighted by Gasteiger charge is -2.24. The summed E-state index contributed by atoms with van der Waals surface area (Å²) in [6.45, 7) is 1.60. The largest absolute Gasteiger partial charge is 0.337 e. The van der Waals surface area contributed by atoms with E-state index in [2.05, 4.69) is 5.32 Å². The van der Waals surface area contributed by atoms with E-state index in [1.807, 2.05) is 0 Å². The summed E-state index contributed by atoms with van der Waals surface area (Å²) in [6, 6.07) is 10.4. The Kier molecular flexibility index (Phi) is 5.91. The molecule has 1 heterocycles. The number of halogens is 3. The first-order valence-electron chi connectivity index (χ1n) is 7.59. The highest BCUT2D eigenvalue weighted by Gasteiger charge is 2.25. The van der Waals surface area contributed by atoms with Crippen molar-refractivity contribution in [3.8, 4) is 11.1 Å². The predicted octanol–water partition coefficient (Wildman–Crippen LogP) is 3.49. The van der Waals surface area contributed by atoms with E-state index in [0.717, 1.165) is 19.5 Å². The van der Waals surface area contributed by atoms with Crippen LogP contribution < -0.4 is 5.32 Å². The zero-order chi connectivity index (χ0) is 16.4. The van der Waals surface area contributed by atoms with Gasteiger partial charge in [-0.25, -0.2) is 8.78 Å². The second-order valence-corrected chi connectivity index (χ2v) is 5.76. The molecular formula is C18H19ClF2N2O. The Labute approximate surface area is 146 Å². The van der Waals surface area contributed by atoms with Gasteiger partial charge in [0.2, 0.25) is 0 Å². The van der Waals surface area contributed by atoms with Crippen LogP contribution in [0.1, 0.15) is 16.8 Å². The van der Waals surface area contributed by atoms with E-state index in [1.54, 1.807) is 30.1 Å². The molecule has 1 amide bonds. The van der Waals surface area contributed by atoms with E-state index in [0.29, 0.717) is 11.1 Å². The average Bonchev–Trinajstić information content (AvgIpc) is 3.08. The van der Waals surface area contributed by atoms with Crippen LogP contribution in [0.5, 0.6) is 0 Å². The molecule has 3 rings (SSSR count). The molecule has 128 valence electrons. The maximum absolute atomic E-state index is 14.4.